The van der Waals surface area contributed by atoms with Crippen LogP contribution in [0, 0.1) is 5.92 Å². The normalized spacial score (nSPS) is 28.6. The van der Waals surface area contributed by atoms with Crippen LogP contribution in [0.5, 0.6) is 5.75 Å². The minimum Gasteiger partial charge on any atom is -0.497 e. The zero-order valence-corrected chi connectivity index (χ0v) is 24.4. The first kappa shape index (κ1) is 30.3. The fourth-order valence-electron chi connectivity index (χ4n) is 6.70. The number of nitrogens with zero attached hydrogens (tertiary/aromatic N) is 4. The van der Waals surface area contributed by atoms with Crippen molar-refractivity contribution in [3.63, 3.8) is 0 Å². The van der Waals surface area contributed by atoms with E-state index < -0.39 is 36.3 Å². The summed E-state index contributed by atoms with van der Waals surface area (Å²) in [6.07, 6.45) is 0.618. The van der Waals surface area contributed by atoms with Crippen LogP contribution in [0.1, 0.15) is 50.4 Å². The number of ether oxygens (including phenoxy) is 3. The Morgan fingerprint density at radius 3 is 2.43 bits per heavy atom. The van der Waals surface area contributed by atoms with Crippen molar-refractivity contribution in [2.24, 2.45) is 5.92 Å². The van der Waals surface area contributed by atoms with Gasteiger partial charge in [-0.2, -0.15) is 13.2 Å². The first-order chi connectivity index (χ1) is 20.0. The van der Waals surface area contributed by atoms with E-state index >= 15 is 0 Å². The highest BCUT2D eigenvalue weighted by atomic mass is 35.5. The number of carbonyl (C=O) groups is 2. The van der Waals surface area contributed by atoms with Gasteiger partial charge in [-0.15, -0.1) is 0 Å². The molecule has 228 valence electrons. The number of rotatable bonds is 8. The number of likely N-dealkylation sites (tertiary alicyclic amines) is 1. The summed E-state index contributed by atoms with van der Waals surface area (Å²) in [5, 5.41) is 0.477. The summed E-state index contributed by atoms with van der Waals surface area (Å²) in [6.45, 7) is 1.41. The van der Waals surface area contributed by atoms with Crippen molar-refractivity contribution in [1.82, 2.24) is 19.8 Å². The summed E-state index contributed by atoms with van der Waals surface area (Å²) in [4.78, 5) is 36.7. The van der Waals surface area contributed by atoms with Gasteiger partial charge in [0, 0.05) is 30.4 Å². The van der Waals surface area contributed by atoms with Crippen LogP contribution in [-0.2, 0) is 26.2 Å². The van der Waals surface area contributed by atoms with Gasteiger partial charge in [-0.25, -0.2) is 14.8 Å². The van der Waals surface area contributed by atoms with E-state index in [0.29, 0.717) is 28.7 Å². The van der Waals surface area contributed by atoms with Gasteiger partial charge in [0.05, 0.1) is 44.0 Å². The average Bonchev–Trinajstić information content (AvgIpc) is 3.62. The Balaban J connectivity index is 1.34. The Kier molecular flexibility index (Phi) is 8.58. The topological polar surface area (TPSA) is 94.1 Å². The molecular formula is C29H34ClF3N4O5. The van der Waals surface area contributed by atoms with Crippen LogP contribution in [0.25, 0.3) is 0 Å². The van der Waals surface area contributed by atoms with Crippen molar-refractivity contribution in [1.29, 1.82) is 0 Å². The number of hydrogen-bond acceptors (Lipinski definition) is 7. The number of benzene rings is 1. The Labute approximate surface area is 247 Å². The Bertz CT molecular complexity index is 1280. The van der Waals surface area contributed by atoms with Gasteiger partial charge in [-0.3, -0.25) is 9.69 Å². The van der Waals surface area contributed by atoms with Crippen molar-refractivity contribution < 1.29 is 37.0 Å². The summed E-state index contributed by atoms with van der Waals surface area (Å²) < 4.78 is 58.1. The molecule has 6 atom stereocenters. The zero-order valence-electron chi connectivity index (χ0n) is 23.6. The minimum absolute atomic E-state index is 0.0316. The molecule has 1 aliphatic heterocycles. The first-order valence-electron chi connectivity index (χ1n) is 13.9. The van der Waals surface area contributed by atoms with Gasteiger partial charge >= 0.3 is 18.2 Å². The van der Waals surface area contributed by atoms with Gasteiger partial charge in [0.2, 0.25) is 0 Å². The van der Waals surface area contributed by atoms with E-state index in [-0.39, 0.29) is 31.1 Å². The van der Waals surface area contributed by atoms with E-state index in [1.807, 2.05) is 0 Å². The predicted octanol–water partition coefficient (Wildman–Crippen LogP) is 5.15. The second kappa shape index (κ2) is 11.9. The van der Waals surface area contributed by atoms with E-state index in [1.165, 1.54) is 19.1 Å². The summed E-state index contributed by atoms with van der Waals surface area (Å²) in [7, 11) is 2.71. The molecule has 0 N–H and O–H groups in total. The largest absolute Gasteiger partial charge is 0.497 e. The highest BCUT2D eigenvalue weighted by molar-refractivity contribution is 6.30. The van der Waals surface area contributed by atoms with Crippen LogP contribution in [0.4, 0.5) is 18.0 Å². The number of carbonyl (C=O) groups excluding carboxylic acids is 2. The van der Waals surface area contributed by atoms with Gasteiger partial charge in [-0.05, 0) is 62.6 Å². The second-order valence-electron chi connectivity index (χ2n) is 11.4. The fourth-order valence-corrected chi connectivity index (χ4v) is 6.80. The molecule has 3 unspecified atom stereocenters. The molecule has 1 saturated heterocycles. The number of hydrogen-bond donors (Lipinski definition) is 0. The van der Waals surface area contributed by atoms with Crippen molar-refractivity contribution in [3.05, 3.63) is 53.1 Å². The summed E-state index contributed by atoms with van der Waals surface area (Å²) in [6, 6.07) is 4.24. The molecule has 9 nitrogen and oxygen atoms in total. The van der Waals surface area contributed by atoms with Crippen molar-refractivity contribution in [2.75, 3.05) is 20.8 Å². The molecule has 0 radical (unpaired) electrons. The maximum atomic E-state index is 13.9. The van der Waals surface area contributed by atoms with Crippen LogP contribution in [0.2, 0.25) is 5.02 Å². The van der Waals surface area contributed by atoms with Crippen LogP contribution in [0.3, 0.4) is 0 Å². The van der Waals surface area contributed by atoms with Crippen LogP contribution in [0.15, 0.2) is 36.7 Å². The standard InChI is InChI=1S/C29H34ClF3N4O5/c1-17-10-23(36(26(38)29(31,32)33)15-18-4-6-21(40-2)7-5-18)24(37(17)27(39)41-3)16-42-22-8-9-28(12-19(28)11-22)25-34-13-20(30)14-35-25/h4-7,13-14,17,19,22-24H,8-12,15-16H2,1-3H3/t17-,19?,22?,23+,24+,28?/m1/s1. The molecule has 5 rings (SSSR count). The van der Waals surface area contributed by atoms with E-state index in [4.69, 9.17) is 25.8 Å². The molecule has 13 heteroatoms. The van der Waals surface area contributed by atoms with Crippen LogP contribution < -0.4 is 4.74 Å². The van der Waals surface area contributed by atoms with E-state index in [9.17, 15) is 22.8 Å². The number of aromatic nitrogens is 2. The molecule has 2 heterocycles. The number of fused-ring (bicyclic) bond motifs is 1. The van der Waals surface area contributed by atoms with Gasteiger partial charge in [0.25, 0.3) is 0 Å². The van der Waals surface area contributed by atoms with Crippen LogP contribution >= 0.6 is 11.6 Å². The lowest BCUT2D eigenvalue weighted by Gasteiger charge is -2.37. The predicted molar refractivity (Wildman–Crippen MR) is 146 cm³/mol. The summed E-state index contributed by atoms with van der Waals surface area (Å²) in [5.74, 6) is -0.321. The molecule has 0 spiro atoms. The molecule has 2 aliphatic carbocycles. The van der Waals surface area contributed by atoms with Crippen LogP contribution in [-0.4, -0.2) is 83.0 Å². The first-order valence-corrected chi connectivity index (χ1v) is 14.3. The van der Waals surface area contributed by atoms with Gasteiger partial charge < -0.3 is 19.1 Å². The highest BCUT2D eigenvalue weighted by Crippen LogP contribution is 2.61. The molecule has 2 aromatic rings. The minimum atomic E-state index is -5.10. The quantitative estimate of drug-likeness (QED) is 0.408. The van der Waals surface area contributed by atoms with E-state index in [1.54, 1.807) is 43.6 Å². The molecule has 42 heavy (non-hydrogen) atoms. The fraction of sp³-hybridized carbons (Fsp3) is 0.586. The lowest BCUT2D eigenvalue weighted by atomic mass is 9.86. The zero-order chi connectivity index (χ0) is 30.2. The maximum absolute atomic E-state index is 13.9. The molecule has 3 fully saturated rings. The van der Waals surface area contributed by atoms with Gasteiger partial charge in [0.1, 0.15) is 11.6 Å². The molecule has 2 saturated carbocycles. The number of methoxy groups -OCH3 is 2. The summed E-state index contributed by atoms with van der Waals surface area (Å²) in [5.41, 5.74) is 0.403. The third-order valence-corrected chi connectivity index (χ3v) is 9.12. The molecular weight excluding hydrogens is 577 g/mol. The SMILES string of the molecule is COC(=O)N1[C@H](C)C[C@H](N(Cc2ccc(OC)cc2)C(=O)C(F)(F)F)[C@@H]1COC1CCC2(c3ncc(Cl)cn3)CC2C1. The van der Waals surface area contributed by atoms with Crippen molar-refractivity contribution in [3.8, 4) is 5.75 Å². The Hall–Kier alpha value is -3.12. The molecule has 2 amide bonds. The third-order valence-electron chi connectivity index (χ3n) is 8.92. The Morgan fingerprint density at radius 2 is 1.83 bits per heavy atom. The second-order valence-corrected chi connectivity index (χ2v) is 11.8. The third kappa shape index (κ3) is 6.01. The smallest absolute Gasteiger partial charge is 0.471 e. The monoisotopic (exact) mass is 610 g/mol. The molecule has 3 aliphatic rings. The molecule has 0 bridgehead atoms. The number of alkyl halides is 3. The highest BCUT2D eigenvalue weighted by Gasteiger charge is 2.60. The number of amides is 2. The van der Waals surface area contributed by atoms with Gasteiger partial charge in [-0.1, -0.05) is 23.7 Å². The molecule has 1 aromatic heterocycles. The van der Waals surface area contributed by atoms with Crippen molar-refractivity contribution in [2.45, 2.75) is 81.4 Å². The van der Waals surface area contributed by atoms with Gasteiger partial charge in [0.15, 0.2) is 0 Å². The lowest BCUT2D eigenvalue weighted by Crippen LogP contribution is -2.54. The van der Waals surface area contributed by atoms with Crippen molar-refractivity contribution >= 4 is 23.6 Å². The molecule has 1 aromatic carbocycles. The Morgan fingerprint density at radius 1 is 1.14 bits per heavy atom. The van der Waals surface area contributed by atoms with E-state index in [0.717, 1.165) is 30.0 Å². The maximum Gasteiger partial charge on any atom is 0.471 e. The summed E-state index contributed by atoms with van der Waals surface area (Å²) >= 11 is 5.95. The number of halogens is 4. The van der Waals surface area contributed by atoms with E-state index in [2.05, 4.69) is 9.97 Å². The average molecular weight is 611 g/mol. The lowest BCUT2D eigenvalue weighted by molar-refractivity contribution is -0.189.